The number of aliphatic hydroxyl groups is 1. The van der Waals surface area contributed by atoms with Crippen molar-refractivity contribution in [2.24, 2.45) is 11.8 Å². The summed E-state index contributed by atoms with van der Waals surface area (Å²) >= 11 is 8.11. The third-order valence-corrected chi connectivity index (χ3v) is 10.1. The van der Waals surface area contributed by atoms with Crippen molar-refractivity contribution in [3.63, 3.8) is 0 Å². The maximum atomic E-state index is 14.4. The summed E-state index contributed by atoms with van der Waals surface area (Å²) in [7, 11) is 1.72. The Morgan fingerprint density at radius 3 is 2.58 bits per heavy atom. The van der Waals surface area contributed by atoms with Gasteiger partial charge in [0.2, 0.25) is 11.8 Å². The van der Waals surface area contributed by atoms with Crippen LogP contribution in [0.3, 0.4) is 0 Å². The van der Waals surface area contributed by atoms with Crippen LogP contribution in [-0.2, 0) is 14.4 Å². The van der Waals surface area contributed by atoms with Crippen molar-refractivity contribution < 1.29 is 19.5 Å². The van der Waals surface area contributed by atoms with E-state index in [9.17, 15) is 19.5 Å². The largest absolute Gasteiger partial charge is 0.394 e. The van der Waals surface area contributed by atoms with Gasteiger partial charge in [-0.3, -0.25) is 14.4 Å². The molecule has 3 heterocycles. The summed E-state index contributed by atoms with van der Waals surface area (Å²) in [4.78, 5) is 46.9. The number of likely N-dealkylation sites (N-methyl/N-ethyl adjacent to an activating group) is 1. The SMILES string of the molecule is C=CCN(C)C(=O)[C@@H]1[C@@H]2CCC3(S2)C(C(=O)N(CC=C)c2ccccc2Cl)N([C@@H](CC)CO)C(=O)[C@H]13. The Hall–Kier alpha value is -2.29. The fourth-order valence-corrected chi connectivity index (χ4v) is 8.68. The topological polar surface area (TPSA) is 81.2 Å². The number of halogens is 1. The van der Waals surface area contributed by atoms with E-state index < -0.39 is 28.7 Å². The van der Waals surface area contributed by atoms with Gasteiger partial charge in [0.15, 0.2) is 0 Å². The van der Waals surface area contributed by atoms with Crippen molar-refractivity contribution in [2.45, 2.75) is 48.3 Å². The van der Waals surface area contributed by atoms with Crippen LogP contribution in [0, 0.1) is 11.8 Å². The average Bonchev–Trinajstić information content (AvgIpc) is 3.51. The zero-order chi connectivity index (χ0) is 26.2. The monoisotopic (exact) mass is 531 g/mol. The fraction of sp³-hybridized carbons (Fsp3) is 0.519. The molecule has 3 amide bonds. The van der Waals surface area contributed by atoms with Gasteiger partial charge in [-0.1, -0.05) is 42.8 Å². The van der Waals surface area contributed by atoms with Crippen molar-refractivity contribution in [3.05, 3.63) is 54.6 Å². The van der Waals surface area contributed by atoms with E-state index in [1.165, 1.54) is 0 Å². The number of para-hydroxylation sites is 1. The normalized spacial score (nSPS) is 29.1. The van der Waals surface area contributed by atoms with Gasteiger partial charge in [0.05, 0.1) is 39.9 Å². The second-order valence-electron chi connectivity index (χ2n) is 9.74. The first kappa shape index (κ1) is 26.8. The molecular formula is C27H34ClN3O4S. The number of rotatable bonds is 10. The molecule has 2 bridgehead atoms. The number of carbonyl (C=O) groups excluding carboxylic acids is 3. The number of amides is 3. The highest BCUT2D eigenvalue weighted by Crippen LogP contribution is 2.67. The third kappa shape index (κ3) is 4.07. The van der Waals surface area contributed by atoms with E-state index in [1.807, 2.05) is 13.0 Å². The van der Waals surface area contributed by atoms with E-state index in [1.54, 1.807) is 63.9 Å². The van der Waals surface area contributed by atoms with Gasteiger partial charge in [0, 0.05) is 25.4 Å². The van der Waals surface area contributed by atoms with Gasteiger partial charge >= 0.3 is 0 Å². The highest BCUT2D eigenvalue weighted by atomic mass is 35.5. The number of hydrogen-bond acceptors (Lipinski definition) is 5. The lowest BCUT2D eigenvalue weighted by Crippen LogP contribution is -2.57. The molecule has 3 saturated heterocycles. The maximum Gasteiger partial charge on any atom is 0.251 e. The second-order valence-corrected chi connectivity index (χ2v) is 11.8. The van der Waals surface area contributed by atoms with Crippen LogP contribution in [0.15, 0.2) is 49.6 Å². The average molecular weight is 532 g/mol. The van der Waals surface area contributed by atoms with Crippen LogP contribution in [0.5, 0.6) is 0 Å². The predicted molar refractivity (Wildman–Crippen MR) is 144 cm³/mol. The molecule has 1 aromatic carbocycles. The van der Waals surface area contributed by atoms with Gasteiger partial charge in [-0.05, 0) is 31.4 Å². The minimum Gasteiger partial charge on any atom is -0.394 e. The van der Waals surface area contributed by atoms with E-state index in [4.69, 9.17) is 11.6 Å². The number of nitrogens with zero attached hydrogens (tertiary/aromatic N) is 3. The van der Waals surface area contributed by atoms with Crippen LogP contribution in [0.2, 0.25) is 5.02 Å². The highest BCUT2D eigenvalue weighted by Gasteiger charge is 2.74. The Bertz CT molecular complexity index is 1060. The Balaban J connectivity index is 1.82. The lowest BCUT2D eigenvalue weighted by Gasteiger charge is -2.39. The van der Waals surface area contributed by atoms with Crippen LogP contribution < -0.4 is 4.90 Å². The predicted octanol–water partition coefficient (Wildman–Crippen LogP) is 3.37. The maximum absolute atomic E-state index is 14.4. The van der Waals surface area contributed by atoms with Gasteiger partial charge in [-0.25, -0.2) is 0 Å². The summed E-state index contributed by atoms with van der Waals surface area (Å²) in [5, 5.41) is 10.6. The number of hydrogen-bond donors (Lipinski definition) is 1. The lowest BCUT2D eigenvalue weighted by molar-refractivity contribution is -0.144. The number of fused-ring (bicyclic) bond motifs is 1. The molecule has 0 saturated carbocycles. The van der Waals surface area contributed by atoms with Gasteiger partial charge in [-0.2, -0.15) is 0 Å². The van der Waals surface area contributed by atoms with E-state index in [2.05, 4.69) is 13.2 Å². The molecule has 7 nitrogen and oxygen atoms in total. The number of benzene rings is 1. The Kier molecular flexibility index (Phi) is 7.88. The number of thioether (sulfide) groups is 1. The molecular weight excluding hydrogens is 498 g/mol. The van der Waals surface area contributed by atoms with E-state index in [0.717, 1.165) is 6.42 Å². The molecule has 3 fully saturated rings. The summed E-state index contributed by atoms with van der Waals surface area (Å²) in [6.07, 6.45) is 5.21. The zero-order valence-corrected chi connectivity index (χ0v) is 22.4. The molecule has 194 valence electrons. The lowest BCUT2D eigenvalue weighted by atomic mass is 9.70. The number of anilines is 1. The summed E-state index contributed by atoms with van der Waals surface area (Å²) in [5.41, 5.74) is 0.546. The molecule has 2 unspecified atom stereocenters. The van der Waals surface area contributed by atoms with E-state index >= 15 is 0 Å². The van der Waals surface area contributed by atoms with E-state index in [0.29, 0.717) is 30.1 Å². The molecule has 1 aromatic rings. The summed E-state index contributed by atoms with van der Waals surface area (Å²) in [5.74, 6) is -1.69. The van der Waals surface area contributed by atoms with Crippen molar-refractivity contribution in [1.82, 2.24) is 9.80 Å². The quantitative estimate of drug-likeness (QED) is 0.468. The number of aliphatic hydroxyl groups excluding tert-OH is 1. The smallest absolute Gasteiger partial charge is 0.251 e. The van der Waals surface area contributed by atoms with Crippen molar-refractivity contribution >= 4 is 46.8 Å². The second kappa shape index (κ2) is 10.6. The number of carbonyl (C=O) groups is 3. The Morgan fingerprint density at radius 1 is 1.28 bits per heavy atom. The van der Waals surface area contributed by atoms with Crippen LogP contribution in [0.1, 0.15) is 26.2 Å². The third-order valence-electron chi connectivity index (χ3n) is 7.83. The summed E-state index contributed by atoms with van der Waals surface area (Å²) in [6.45, 7) is 9.80. The first-order valence-corrected chi connectivity index (χ1v) is 13.7. The van der Waals surface area contributed by atoms with Crippen molar-refractivity contribution in [1.29, 1.82) is 0 Å². The first-order valence-electron chi connectivity index (χ1n) is 12.4. The minimum absolute atomic E-state index is 0.0291. The fourth-order valence-electron chi connectivity index (χ4n) is 6.25. The van der Waals surface area contributed by atoms with Gasteiger partial charge in [-0.15, -0.1) is 24.9 Å². The van der Waals surface area contributed by atoms with Crippen LogP contribution in [-0.4, -0.2) is 81.5 Å². The molecule has 1 N–H and O–H groups in total. The summed E-state index contributed by atoms with van der Waals surface area (Å²) < 4.78 is -0.739. The van der Waals surface area contributed by atoms with Gasteiger partial charge < -0.3 is 19.8 Å². The standard InChI is InChI=1S/C27H34ClN3O4S/c1-5-14-29(4)24(33)21-20-12-13-27(36-20)22(21)25(34)31(17(7-3)16-32)23(27)26(35)30(15-6-2)19-11-9-8-10-18(19)28/h5-6,8-11,17,20-23,32H,1-2,7,12-16H2,3-4H3/t17-,20-,21+,22-,23?,27?/m0/s1. The Labute approximate surface area is 222 Å². The molecule has 3 aliphatic heterocycles. The molecule has 0 aromatic heterocycles. The van der Waals surface area contributed by atoms with Crippen LogP contribution in [0.4, 0.5) is 5.69 Å². The molecule has 6 atom stereocenters. The molecule has 0 aliphatic carbocycles. The summed E-state index contributed by atoms with van der Waals surface area (Å²) in [6, 6.07) is 5.77. The molecule has 9 heteroatoms. The van der Waals surface area contributed by atoms with Crippen molar-refractivity contribution in [3.8, 4) is 0 Å². The number of likely N-dealkylation sites (tertiary alicyclic amines) is 1. The first-order chi connectivity index (χ1) is 17.3. The molecule has 3 aliphatic rings. The van der Waals surface area contributed by atoms with Crippen molar-refractivity contribution in [2.75, 3.05) is 31.6 Å². The molecule has 1 spiro atoms. The molecule has 36 heavy (non-hydrogen) atoms. The minimum atomic E-state index is -0.819. The molecule has 4 rings (SSSR count). The van der Waals surface area contributed by atoms with E-state index in [-0.39, 0.29) is 36.1 Å². The molecule has 0 radical (unpaired) electrons. The highest BCUT2D eigenvalue weighted by molar-refractivity contribution is 8.02. The van der Waals surface area contributed by atoms with Gasteiger partial charge in [0.25, 0.3) is 5.91 Å². The zero-order valence-electron chi connectivity index (χ0n) is 20.8. The van der Waals surface area contributed by atoms with Gasteiger partial charge in [0.1, 0.15) is 6.04 Å². The van der Waals surface area contributed by atoms with Crippen LogP contribution >= 0.6 is 23.4 Å². The van der Waals surface area contributed by atoms with Crippen LogP contribution in [0.25, 0.3) is 0 Å². The Morgan fingerprint density at radius 2 is 1.97 bits per heavy atom.